The second-order valence-electron chi connectivity index (χ2n) is 5.40. The van der Waals surface area contributed by atoms with Crippen LogP contribution in [0.1, 0.15) is 5.56 Å². The van der Waals surface area contributed by atoms with Gasteiger partial charge in [0.1, 0.15) is 6.54 Å². The number of nitro benzene ring substituents is 1. The Bertz CT molecular complexity index is 867. The number of nitro groups is 1. The Morgan fingerprint density at radius 1 is 1.44 bits per heavy atom. The molecule has 1 aromatic heterocycles. The number of nitrogens with zero attached hydrogens (tertiary/aromatic N) is 3. The van der Waals surface area contributed by atoms with Gasteiger partial charge in [-0.1, -0.05) is 6.07 Å². The van der Waals surface area contributed by atoms with Crippen LogP contribution < -0.4 is 15.0 Å². The molecule has 0 spiro atoms. The van der Waals surface area contributed by atoms with Crippen molar-refractivity contribution in [3.63, 3.8) is 0 Å². The van der Waals surface area contributed by atoms with Crippen molar-refractivity contribution < 1.29 is 19.2 Å². The largest absolute Gasteiger partial charge is 0.480 e. The lowest BCUT2D eigenvalue weighted by Crippen LogP contribution is -2.44. The molecule has 1 aliphatic heterocycles. The third kappa shape index (κ3) is 3.39. The average molecular weight is 342 g/mol. The number of anilines is 2. The van der Waals surface area contributed by atoms with Gasteiger partial charge in [0.05, 0.1) is 10.6 Å². The molecule has 2 heterocycles. The monoisotopic (exact) mass is 342 g/mol. The molecule has 0 bridgehead atoms. The van der Waals surface area contributed by atoms with Crippen LogP contribution in [0.2, 0.25) is 0 Å². The summed E-state index contributed by atoms with van der Waals surface area (Å²) in [5.74, 6) is -0.196. The molecule has 9 nitrogen and oxygen atoms in total. The maximum atomic E-state index is 12.3. The second kappa shape index (κ2) is 6.56. The maximum absolute atomic E-state index is 12.3. The van der Waals surface area contributed by atoms with Gasteiger partial charge >= 0.3 is 0 Å². The zero-order chi connectivity index (χ0) is 18.0. The molecular weight excluding hydrogens is 328 g/mol. The van der Waals surface area contributed by atoms with Crippen LogP contribution in [-0.4, -0.2) is 34.9 Å². The number of benzene rings is 1. The second-order valence-corrected chi connectivity index (χ2v) is 5.40. The van der Waals surface area contributed by atoms with Crippen LogP contribution in [0.25, 0.3) is 0 Å². The molecule has 0 unspecified atom stereocenters. The highest BCUT2D eigenvalue weighted by molar-refractivity contribution is 6.04. The number of aryl methyl sites for hydroxylation is 1. The first-order valence-electron chi connectivity index (χ1n) is 7.39. The van der Waals surface area contributed by atoms with Gasteiger partial charge in [0.2, 0.25) is 5.91 Å². The van der Waals surface area contributed by atoms with Crippen molar-refractivity contribution in [2.45, 2.75) is 6.92 Å². The molecule has 0 fully saturated rings. The van der Waals surface area contributed by atoms with E-state index in [1.165, 1.54) is 23.2 Å². The average Bonchev–Trinajstić information content (AvgIpc) is 2.59. The number of carbonyl (C=O) groups excluding carboxylic acids is 2. The number of aromatic nitrogens is 1. The fourth-order valence-electron chi connectivity index (χ4n) is 2.39. The summed E-state index contributed by atoms with van der Waals surface area (Å²) in [6.07, 6.45) is 1.50. The van der Waals surface area contributed by atoms with Crippen LogP contribution in [0.3, 0.4) is 0 Å². The summed E-state index contributed by atoms with van der Waals surface area (Å²) in [7, 11) is 0. The normalized spacial score (nSPS) is 13.0. The van der Waals surface area contributed by atoms with Gasteiger partial charge in [-0.05, 0) is 24.6 Å². The number of ether oxygens (including phenoxy) is 1. The van der Waals surface area contributed by atoms with E-state index in [0.717, 1.165) is 0 Å². The molecule has 2 amide bonds. The quantitative estimate of drug-likeness (QED) is 0.667. The first-order valence-corrected chi connectivity index (χ1v) is 7.39. The summed E-state index contributed by atoms with van der Waals surface area (Å²) in [6, 6.07) is 7.51. The molecule has 9 heteroatoms. The topological polar surface area (TPSA) is 115 Å². The van der Waals surface area contributed by atoms with Crippen LogP contribution in [0.4, 0.5) is 17.2 Å². The molecule has 0 aliphatic carbocycles. The van der Waals surface area contributed by atoms with E-state index in [0.29, 0.717) is 17.0 Å². The summed E-state index contributed by atoms with van der Waals surface area (Å²) in [6.45, 7) is 1.27. The van der Waals surface area contributed by atoms with E-state index in [9.17, 15) is 19.7 Å². The minimum absolute atomic E-state index is 0.129. The highest BCUT2D eigenvalue weighted by atomic mass is 16.6. The van der Waals surface area contributed by atoms with Crippen molar-refractivity contribution in [2.75, 3.05) is 23.4 Å². The molecule has 0 atom stereocenters. The highest BCUT2D eigenvalue weighted by Gasteiger charge is 2.28. The zero-order valence-electron chi connectivity index (χ0n) is 13.3. The third-order valence-corrected chi connectivity index (χ3v) is 3.67. The van der Waals surface area contributed by atoms with Gasteiger partial charge in [0.15, 0.2) is 18.2 Å². The van der Waals surface area contributed by atoms with Gasteiger partial charge in [-0.2, -0.15) is 0 Å². The standard InChI is InChI=1S/C16H14N4O5/c1-10-4-5-11(20(23)24)7-12(10)18-14(21)8-19-15(22)9-25-13-3-2-6-17-16(13)19/h2-7H,8-9H2,1H3,(H,18,21). The molecule has 1 aromatic carbocycles. The third-order valence-electron chi connectivity index (χ3n) is 3.67. The number of non-ortho nitro benzene ring substituents is 1. The zero-order valence-corrected chi connectivity index (χ0v) is 13.3. The summed E-state index contributed by atoms with van der Waals surface area (Å²) in [5, 5.41) is 13.5. The molecule has 0 radical (unpaired) electrons. The lowest BCUT2D eigenvalue weighted by molar-refractivity contribution is -0.384. The number of amides is 2. The van der Waals surface area contributed by atoms with E-state index in [4.69, 9.17) is 4.74 Å². The van der Waals surface area contributed by atoms with Crippen molar-refractivity contribution in [2.24, 2.45) is 0 Å². The van der Waals surface area contributed by atoms with E-state index in [-0.39, 0.29) is 24.7 Å². The van der Waals surface area contributed by atoms with Crippen LogP contribution >= 0.6 is 0 Å². The van der Waals surface area contributed by atoms with Gasteiger partial charge in [0, 0.05) is 18.3 Å². The van der Waals surface area contributed by atoms with Gasteiger partial charge in [-0.15, -0.1) is 0 Å². The van der Waals surface area contributed by atoms with Crippen molar-refractivity contribution in [3.05, 3.63) is 52.2 Å². The summed E-state index contributed by atoms with van der Waals surface area (Å²) in [4.78, 5) is 40.0. The first-order chi connectivity index (χ1) is 12.0. The summed E-state index contributed by atoms with van der Waals surface area (Å²) >= 11 is 0. The molecule has 1 aliphatic rings. The van der Waals surface area contributed by atoms with Crippen LogP contribution in [0.15, 0.2) is 36.5 Å². The molecule has 128 valence electrons. The lowest BCUT2D eigenvalue weighted by Gasteiger charge is -2.27. The molecular formula is C16H14N4O5. The number of hydrogen-bond donors (Lipinski definition) is 1. The number of nitrogens with one attached hydrogen (secondary N) is 1. The number of pyridine rings is 1. The highest BCUT2D eigenvalue weighted by Crippen LogP contribution is 2.29. The van der Waals surface area contributed by atoms with Gasteiger partial charge in [-0.3, -0.25) is 24.6 Å². The molecule has 25 heavy (non-hydrogen) atoms. The van der Waals surface area contributed by atoms with Crippen LogP contribution in [0.5, 0.6) is 5.75 Å². The first kappa shape index (κ1) is 16.4. The number of hydrogen-bond acceptors (Lipinski definition) is 6. The summed E-state index contributed by atoms with van der Waals surface area (Å²) < 4.78 is 5.27. The Hall–Kier alpha value is -3.49. The number of rotatable bonds is 4. The van der Waals surface area contributed by atoms with Gasteiger partial charge < -0.3 is 10.1 Å². The Morgan fingerprint density at radius 3 is 3.00 bits per heavy atom. The van der Waals surface area contributed by atoms with E-state index >= 15 is 0 Å². The predicted octanol–water partition coefficient (Wildman–Crippen LogP) is 1.66. The smallest absolute Gasteiger partial charge is 0.271 e. The Balaban J connectivity index is 1.78. The van der Waals surface area contributed by atoms with E-state index in [1.54, 1.807) is 25.1 Å². The minimum Gasteiger partial charge on any atom is -0.480 e. The van der Waals surface area contributed by atoms with Crippen LogP contribution in [-0.2, 0) is 9.59 Å². The molecule has 3 rings (SSSR count). The van der Waals surface area contributed by atoms with Gasteiger partial charge in [0.25, 0.3) is 11.6 Å². The SMILES string of the molecule is Cc1ccc([N+](=O)[O-])cc1NC(=O)CN1C(=O)COc2cccnc21. The van der Waals surface area contributed by atoms with Crippen molar-refractivity contribution in [1.82, 2.24) is 4.98 Å². The fourth-order valence-corrected chi connectivity index (χ4v) is 2.39. The van der Waals surface area contributed by atoms with Crippen molar-refractivity contribution in [3.8, 4) is 5.75 Å². The fraction of sp³-hybridized carbons (Fsp3) is 0.188. The number of carbonyl (C=O) groups is 2. The molecule has 2 aromatic rings. The number of fused-ring (bicyclic) bond motifs is 1. The van der Waals surface area contributed by atoms with Crippen molar-refractivity contribution >= 4 is 29.0 Å². The summed E-state index contributed by atoms with van der Waals surface area (Å²) in [5.41, 5.74) is 0.863. The molecule has 1 N–H and O–H groups in total. The minimum atomic E-state index is -0.541. The van der Waals surface area contributed by atoms with E-state index in [2.05, 4.69) is 10.3 Å². The Morgan fingerprint density at radius 2 is 2.24 bits per heavy atom. The predicted molar refractivity (Wildman–Crippen MR) is 88.5 cm³/mol. The lowest BCUT2D eigenvalue weighted by atomic mass is 10.2. The Kier molecular flexibility index (Phi) is 4.29. The van der Waals surface area contributed by atoms with Crippen molar-refractivity contribution in [1.29, 1.82) is 0 Å². The Labute approximate surface area is 142 Å². The molecule has 0 saturated heterocycles. The van der Waals surface area contributed by atoms with Gasteiger partial charge in [-0.25, -0.2) is 4.98 Å². The van der Waals surface area contributed by atoms with E-state index in [1.807, 2.05) is 0 Å². The molecule has 0 saturated carbocycles. The maximum Gasteiger partial charge on any atom is 0.271 e. The van der Waals surface area contributed by atoms with E-state index < -0.39 is 16.7 Å². The van der Waals surface area contributed by atoms with Crippen LogP contribution in [0, 0.1) is 17.0 Å².